The van der Waals surface area contributed by atoms with Gasteiger partial charge in [0.2, 0.25) is 0 Å². The third-order valence-electron chi connectivity index (χ3n) is 13.0. The van der Waals surface area contributed by atoms with Gasteiger partial charge < -0.3 is 44.8 Å². The lowest BCUT2D eigenvalue weighted by atomic mass is 9.43. The molecule has 252 valence electrons. The van der Waals surface area contributed by atoms with Crippen molar-refractivity contribution in [3.63, 3.8) is 0 Å². The van der Waals surface area contributed by atoms with Gasteiger partial charge in [0.1, 0.15) is 24.4 Å². The molecule has 9 heteroatoms. The van der Waals surface area contributed by atoms with Crippen molar-refractivity contribution in [2.75, 3.05) is 20.3 Å². The number of allylic oxidation sites excluding steroid dienone is 3. The Morgan fingerprint density at radius 2 is 1.77 bits per heavy atom. The molecule has 6 N–H and O–H groups in total. The van der Waals surface area contributed by atoms with Crippen molar-refractivity contribution in [2.45, 2.75) is 128 Å². The number of fused-ring (bicyclic) bond motifs is 5. The summed E-state index contributed by atoms with van der Waals surface area (Å²) in [5.74, 6) is 1.07. The molecule has 3 saturated carbocycles. The van der Waals surface area contributed by atoms with Crippen molar-refractivity contribution < 1.29 is 44.8 Å². The Bertz CT molecular complexity index is 1060. The maximum Gasteiger partial charge on any atom is 0.186 e. The van der Waals surface area contributed by atoms with Crippen molar-refractivity contribution in [2.24, 2.45) is 46.3 Å². The smallest absolute Gasteiger partial charge is 0.186 e. The number of methoxy groups -OCH3 is 1. The van der Waals surface area contributed by atoms with Crippen LogP contribution in [0.1, 0.15) is 79.6 Å². The summed E-state index contributed by atoms with van der Waals surface area (Å²) < 4.78 is 16.8. The molecule has 1 heterocycles. The predicted octanol–water partition coefficient (Wildman–Crippen LogP) is 2.95. The molecule has 0 aromatic rings. The van der Waals surface area contributed by atoms with Crippen LogP contribution in [0.4, 0.5) is 0 Å². The molecule has 1 saturated heterocycles. The van der Waals surface area contributed by atoms with Gasteiger partial charge in [-0.1, -0.05) is 52.8 Å². The second-order valence-electron chi connectivity index (χ2n) is 15.5. The van der Waals surface area contributed by atoms with Gasteiger partial charge in [-0.3, -0.25) is 0 Å². The molecular weight excluding hydrogens is 564 g/mol. The molecule has 0 aromatic heterocycles. The van der Waals surface area contributed by atoms with Crippen LogP contribution in [0.5, 0.6) is 0 Å². The van der Waals surface area contributed by atoms with Crippen LogP contribution in [0.25, 0.3) is 0 Å². The van der Waals surface area contributed by atoms with Crippen molar-refractivity contribution in [3.8, 4) is 0 Å². The largest absolute Gasteiger partial charge is 0.394 e. The summed E-state index contributed by atoms with van der Waals surface area (Å²) in [6.07, 6.45) is 6.17. The molecule has 0 unspecified atom stereocenters. The Kier molecular flexibility index (Phi) is 10.2. The van der Waals surface area contributed by atoms with Crippen LogP contribution in [0.3, 0.4) is 0 Å². The molecule has 5 aliphatic rings. The Balaban J connectivity index is 1.21. The van der Waals surface area contributed by atoms with E-state index in [9.17, 15) is 30.6 Å². The molecule has 5 rings (SSSR count). The average molecular weight is 623 g/mol. The van der Waals surface area contributed by atoms with Crippen molar-refractivity contribution in [1.82, 2.24) is 0 Å². The number of hydrogen-bond donors (Lipinski definition) is 6. The first kappa shape index (κ1) is 34.5. The zero-order valence-electron chi connectivity index (χ0n) is 27.5. The quantitative estimate of drug-likeness (QED) is 0.214. The zero-order valence-corrected chi connectivity index (χ0v) is 27.5. The van der Waals surface area contributed by atoms with Gasteiger partial charge in [-0.05, 0) is 90.4 Å². The monoisotopic (exact) mass is 622 g/mol. The second-order valence-corrected chi connectivity index (χ2v) is 15.5. The number of hydrogen-bond acceptors (Lipinski definition) is 9. The second kappa shape index (κ2) is 13.0. The first-order valence-electron chi connectivity index (χ1n) is 17.0. The Morgan fingerprint density at radius 3 is 2.45 bits per heavy atom. The van der Waals surface area contributed by atoms with Crippen molar-refractivity contribution in [3.05, 3.63) is 23.8 Å². The van der Waals surface area contributed by atoms with E-state index >= 15 is 0 Å². The summed E-state index contributed by atoms with van der Waals surface area (Å²) >= 11 is 0. The summed E-state index contributed by atoms with van der Waals surface area (Å²) in [4.78, 5) is 0. The highest BCUT2D eigenvalue weighted by Crippen LogP contribution is 2.68. The van der Waals surface area contributed by atoms with E-state index in [1.54, 1.807) is 0 Å². The fourth-order valence-corrected chi connectivity index (χ4v) is 10.1. The van der Waals surface area contributed by atoms with E-state index in [0.717, 1.165) is 37.7 Å². The Hall–Kier alpha value is -0.880. The maximum absolute atomic E-state index is 12.4. The third kappa shape index (κ3) is 5.77. The molecule has 16 atom stereocenters. The molecule has 9 nitrogen and oxygen atoms in total. The van der Waals surface area contributed by atoms with Crippen LogP contribution in [0.2, 0.25) is 0 Å². The minimum absolute atomic E-state index is 0.0324. The van der Waals surface area contributed by atoms with E-state index in [1.807, 2.05) is 0 Å². The predicted molar refractivity (Wildman–Crippen MR) is 165 cm³/mol. The average Bonchev–Trinajstić information content (AvgIpc) is 3.34. The topological polar surface area (TPSA) is 149 Å². The highest BCUT2D eigenvalue weighted by atomic mass is 16.7. The number of aliphatic hydroxyl groups excluding tert-OH is 5. The van der Waals surface area contributed by atoms with Crippen LogP contribution in [-0.2, 0) is 14.2 Å². The first-order valence-corrected chi connectivity index (χ1v) is 17.0. The summed E-state index contributed by atoms with van der Waals surface area (Å²) in [5, 5.41) is 64.5. The van der Waals surface area contributed by atoms with Gasteiger partial charge in [-0.2, -0.15) is 0 Å². The molecule has 4 fully saturated rings. The van der Waals surface area contributed by atoms with Gasteiger partial charge in [0.25, 0.3) is 0 Å². The molecule has 0 bridgehead atoms. The van der Waals surface area contributed by atoms with Gasteiger partial charge in [0.15, 0.2) is 6.29 Å². The lowest BCUT2D eigenvalue weighted by Crippen LogP contribution is -2.65. The van der Waals surface area contributed by atoms with Crippen molar-refractivity contribution >= 4 is 0 Å². The molecule has 1 aliphatic heterocycles. The Labute approximate surface area is 263 Å². The van der Waals surface area contributed by atoms with Crippen molar-refractivity contribution in [1.29, 1.82) is 0 Å². The molecule has 0 spiro atoms. The minimum atomic E-state index is -1.17. The van der Waals surface area contributed by atoms with E-state index in [4.69, 9.17) is 14.2 Å². The van der Waals surface area contributed by atoms with Gasteiger partial charge >= 0.3 is 0 Å². The molecule has 0 aromatic carbocycles. The van der Waals surface area contributed by atoms with Crippen LogP contribution in [0.15, 0.2) is 23.8 Å². The summed E-state index contributed by atoms with van der Waals surface area (Å²) in [7, 11) is 1.40. The van der Waals surface area contributed by atoms with Crippen LogP contribution in [-0.4, -0.2) is 99.5 Å². The van der Waals surface area contributed by atoms with Crippen LogP contribution >= 0.6 is 0 Å². The van der Waals surface area contributed by atoms with Gasteiger partial charge in [-0.15, -0.1) is 0 Å². The molecule has 0 amide bonds. The van der Waals surface area contributed by atoms with E-state index in [-0.39, 0.29) is 46.5 Å². The number of aliphatic hydroxyl groups is 6. The number of ether oxygens (including phenoxy) is 3. The zero-order chi connectivity index (χ0) is 32.2. The van der Waals surface area contributed by atoms with Crippen LogP contribution in [0, 0.1) is 46.3 Å². The highest BCUT2D eigenvalue weighted by Gasteiger charge is 2.66. The van der Waals surface area contributed by atoms with Crippen LogP contribution < -0.4 is 0 Å². The summed E-state index contributed by atoms with van der Waals surface area (Å²) in [6, 6.07) is 0. The summed E-state index contributed by atoms with van der Waals surface area (Å²) in [5.41, 5.74) is -0.175. The SMILES string of the molecule is CO[C@H]1[C@H](O)[C@@H](OC[C@H](C)[C@@H](C)/C=C/[C@@H](C)[C@H]2CC=C3[C@]2(C)CC[C@@H]2[C@@]4(C)CC[C@H](O)C[C@@H]4[C@@H](O)C[C@@]32O)O[C@@H](CO)[C@@H]1O. The standard InChI is InChI=1S/C35H58O9/c1-19(21(3)18-43-32-30(40)31(42-6)29(39)26(17-36)44-32)7-8-20(2)23-9-10-27-33(23,4)14-12-28-34(5)13-11-22(37)15-24(34)25(38)16-35(27,28)41/h7-8,10,19-26,28-32,36-41H,9,11-18H2,1-6H3/b8-7+/t19-,20+,21-,22-,23+,24+,25-,26-,28+,29-,30-,31+,32-,33+,34-,35+/m0/s1. The van der Waals surface area contributed by atoms with E-state index in [2.05, 4.69) is 52.8 Å². The molecule has 0 radical (unpaired) electrons. The summed E-state index contributed by atoms with van der Waals surface area (Å²) in [6.45, 7) is 11.0. The molecule has 4 aliphatic carbocycles. The molecule has 44 heavy (non-hydrogen) atoms. The van der Waals surface area contributed by atoms with E-state index < -0.39 is 49.0 Å². The van der Waals surface area contributed by atoms with Gasteiger partial charge in [0, 0.05) is 13.5 Å². The normalized spacial score (nSPS) is 49.5. The maximum atomic E-state index is 12.4. The minimum Gasteiger partial charge on any atom is -0.394 e. The fraction of sp³-hybridized carbons (Fsp3) is 0.886. The lowest BCUT2D eigenvalue weighted by Gasteiger charge is -2.64. The third-order valence-corrected chi connectivity index (χ3v) is 13.0. The highest BCUT2D eigenvalue weighted by molar-refractivity contribution is 5.37. The fourth-order valence-electron chi connectivity index (χ4n) is 10.1. The van der Waals surface area contributed by atoms with Gasteiger partial charge in [-0.25, -0.2) is 0 Å². The number of rotatable bonds is 9. The lowest BCUT2D eigenvalue weighted by molar-refractivity contribution is -0.306. The van der Waals surface area contributed by atoms with E-state index in [0.29, 0.717) is 25.4 Å². The Morgan fingerprint density at radius 1 is 1.05 bits per heavy atom. The van der Waals surface area contributed by atoms with E-state index in [1.165, 1.54) is 7.11 Å². The first-order chi connectivity index (χ1) is 20.7. The molecular formula is C35H58O9. The van der Waals surface area contributed by atoms with Gasteiger partial charge in [0.05, 0.1) is 31.0 Å².